The molecule has 3 nitrogen and oxygen atoms in total. The molecule has 2 aromatic rings. The van der Waals surface area contributed by atoms with E-state index in [1.165, 1.54) is 0 Å². The third-order valence-corrected chi connectivity index (χ3v) is 5.87. The fourth-order valence-corrected chi connectivity index (χ4v) is 4.30. The van der Waals surface area contributed by atoms with E-state index in [0.717, 1.165) is 29.1 Å². The topological polar surface area (TPSA) is 41.5 Å². The minimum atomic E-state index is -0.298. The first-order chi connectivity index (χ1) is 12.3. The Morgan fingerprint density at radius 2 is 1.85 bits per heavy atom. The Hall–Kier alpha value is -1.84. The molecule has 134 valence electrons. The molecule has 1 aliphatic heterocycles. The van der Waals surface area contributed by atoms with E-state index < -0.39 is 0 Å². The Balaban J connectivity index is 1.87. The number of carbonyl (C=O) groups is 1. The van der Waals surface area contributed by atoms with E-state index in [0.29, 0.717) is 16.5 Å². The highest BCUT2D eigenvalue weighted by Gasteiger charge is 2.43. The van der Waals surface area contributed by atoms with Crippen LogP contribution >= 0.6 is 23.2 Å². The Morgan fingerprint density at radius 3 is 2.62 bits per heavy atom. The molecule has 0 bridgehead atoms. The van der Waals surface area contributed by atoms with Crippen molar-refractivity contribution in [2.75, 3.05) is 5.32 Å². The monoisotopic (exact) mass is 386 g/mol. The maximum absolute atomic E-state index is 13.1. The molecule has 1 unspecified atom stereocenters. The summed E-state index contributed by atoms with van der Waals surface area (Å²) in [5.41, 5.74) is 3.62. The second kappa shape index (κ2) is 6.40. The van der Waals surface area contributed by atoms with Gasteiger partial charge in [-0.2, -0.15) is 0 Å². The number of fused-ring (bicyclic) bond motifs is 2. The predicted octanol–water partition coefficient (Wildman–Crippen LogP) is 6.24. The van der Waals surface area contributed by atoms with Gasteiger partial charge in [0.25, 0.3) is 0 Å². The van der Waals surface area contributed by atoms with Crippen molar-refractivity contribution in [1.29, 1.82) is 0 Å². The van der Waals surface area contributed by atoms with E-state index in [1.807, 2.05) is 36.4 Å². The molecule has 0 spiro atoms. The lowest BCUT2D eigenvalue weighted by Gasteiger charge is -2.37. The third kappa shape index (κ3) is 3.15. The number of ketones is 1. The predicted molar refractivity (Wildman–Crippen MR) is 108 cm³/mol. The first-order valence-corrected chi connectivity index (χ1v) is 9.50. The number of para-hydroxylation sites is 2. The minimum absolute atomic E-state index is 0.0755. The van der Waals surface area contributed by atoms with Crippen molar-refractivity contribution in [1.82, 2.24) is 0 Å². The van der Waals surface area contributed by atoms with Gasteiger partial charge in [-0.05, 0) is 41.7 Å². The number of anilines is 1. The Morgan fingerprint density at radius 1 is 1.08 bits per heavy atom. The number of hydrogen-bond acceptors (Lipinski definition) is 3. The number of hydrogen-bond donors (Lipinski definition) is 1. The van der Waals surface area contributed by atoms with Crippen molar-refractivity contribution in [2.45, 2.75) is 32.7 Å². The summed E-state index contributed by atoms with van der Waals surface area (Å²) in [6, 6.07) is 13.3. The van der Waals surface area contributed by atoms with Crippen LogP contribution in [0.1, 0.15) is 38.3 Å². The van der Waals surface area contributed by atoms with Gasteiger partial charge in [0.15, 0.2) is 0 Å². The van der Waals surface area contributed by atoms with Crippen molar-refractivity contribution in [3.05, 3.63) is 58.1 Å². The Labute approximate surface area is 163 Å². The fourth-order valence-electron chi connectivity index (χ4n) is 4.00. The van der Waals surface area contributed by atoms with Crippen molar-refractivity contribution >= 4 is 46.1 Å². The van der Waals surface area contributed by atoms with Crippen LogP contribution in [0.5, 0.6) is 0 Å². The van der Waals surface area contributed by atoms with E-state index in [4.69, 9.17) is 28.2 Å². The highest BCUT2D eigenvalue weighted by molar-refractivity contribution is 6.42. The van der Waals surface area contributed by atoms with Crippen LogP contribution < -0.4 is 5.32 Å². The molecule has 4 rings (SSSR count). The zero-order valence-electron chi connectivity index (χ0n) is 14.7. The number of benzene rings is 2. The van der Waals surface area contributed by atoms with E-state index >= 15 is 0 Å². The zero-order chi connectivity index (χ0) is 18.5. The van der Waals surface area contributed by atoms with Crippen molar-refractivity contribution in [3.8, 4) is 0 Å². The molecule has 2 aliphatic rings. The summed E-state index contributed by atoms with van der Waals surface area (Å²) in [6.07, 6.45) is 1.35. The summed E-state index contributed by atoms with van der Waals surface area (Å²) in [7, 11) is 0. The van der Waals surface area contributed by atoms with Crippen LogP contribution in [0.25, 0.3) is 0 Å². The van der Waals surface area contributed by atoms with Crippen LogP contribution in [0.3, 0.4) is 0 Å². The molecule has 0 radical (unpaired) electrons. The normalized spacial score (nSPS) is 24.0. The summed E-state index contributed by atoms with van der Waals surface area (Å²) in [5.74, 6) is -0.0796. The molecular formula is C21H20Cl2N2O. The van der Waals surface area contributed by atoms with Crippen LogP contribution in [0.15, 0.2) is 47.5 Å². The SMILES string of the molecule is CC1(C)CC(=O)C2C(=Nc3ccccc3N[C@@H]2c2ccc(Cl)c(Cl)c2)C1. The summed E-state index contributed by atoms with van der Waals surface area (Å²) < 4.78 is 0. The molecule has 0 aromatic heterocycles. The largest absolute Gasteiger partial charge is 0.375 e. The molecule has 0 saturated heterocycles. The summed E-state index contributed by atoms with van der Waals surface area (Å²) in [4.78, 5) is 18.0. The van der Waals surface area contributed by atoms with Crippen LogP contribution in [0.4, 0.5) is 11.4 Å². The first kappa shape index (κ1) is 17.6. The quantitative estimate of drug-likeness (QED) is 0.630. The van der Waals surface area contributed by atoms with E-state index in [2.05, 4.69) is 19.2 Å². The zero-order valence-corrected chi connectivity index (χ0v) is 16.2. The number of nitrogens with zero attached hydrogens (tertiary/aromatic N) is 1. The van der Waals surface area contributed by atoms with Crippen molar-refractivity contribution in [2.24, 2.45) is 16.3 Å². The average molecular weight is 387 g/mol. The number of nitrogens with one attached hydrogen (secondary N) is 1. The van der Waals surface area contributed by atoms with E-state index in [-0.39, 0.29) is 23.2 Å². The van der Waals surface area contributed by atoms with Crippen LogP contribution in [-0.4, -0.2) is 11.5 Å². The lowest BCUT2D eigenvalue weighted by atomic mass is 9.68. The van der Waals surface area contributed by atoms with Crippen LogP contribution in [-0.2, 0) is 4.79 Å². The van der Waals surface area contributed by atoms with Gasteiger partial charge in [-0.15, -0.1) is 0 Å². The van der Waals surface area contributed by atoms with E-state index in [9.17, 15) is 4.79 Å². The second-order valence-electron chi connectivity index (χ2n) is 7.88. The van der Waals surface area contributed by atoms with Gasteiger partial charge >= 0.3 is 0 Å². The summed E-state index contributed by atoms with van der Waals surface area (Å²) in [6.45, 7) is 4.25. The molecule has 5 heteroatoms. The maximum atomic E-state index is 13.1. The number of rotatable bonds is 1. The smallest absolute Gasteiger partial charge is 0.144 e. The molecule has 1 N–H and O–H groups in total. The molecule has 1 aliphatic carbocycles. The average Bonchev–Trinajstić information content (AvgIpc) is 2.72. The number of aliphatic imine (C=N–C) groups is 1. The Kier molecular flexibility index (Phi) is 4.32. The molecule has 2 aromatic carbocycles. The highest BCUT2D eigenvalue weighted by Crippen LogP contribution is 2.45. The van der Waals surface area contributed by atoms with Gasteiger partial charge in [0.1, 0.15) is 5.78 Å². The minimum Gasteiger partial charge on any atom is -0.375 e. The standard InChI is InChI=1S/C21H20Cl2N2O/c1-21(2)10-17-19(18(26)11-21)20(12-7-8-13(22)14(23)9-12)25-16-6-4-3-5-15(16)24-17/h3-9,19-20,25H,10-11H2,1-2H3/t19?,20-/m1/s1. The second-order valence-corrected chi connectivity index (χ2v) is 8.69. The van der Waals surface area contributed by atoms with Gasteiger partial charge in [0.05, 0.1) is 33.4 Å². The van der Waals surface area contributed by atoms with Crippen LogP contribution in [0, 0.1) is 11.3 Å². The molecule has 2 atom stereocenters. The number of Topliss-reactive ketones (excluding diaryl/α,β-unsaturated/α-hetero) is 1. The lowest BCUT2D eigenvalue weighted by Crippen LogP contribution is -2.42. The van der Waals surface area contributed by atoms with Gasteiger partial charge in [0.2, 0.25) is 0 Å². The number of halogens is 2. The highest BCUT2D eigenvalue weighted by atomic mass is 35.5. The summed E-state index contributed by atoms with van der Waals surface area (Å²) >= 11 is 12.3. The Bertz CT molecular complexity index is 920. The molecule has 0 amide bonds. The molecule has 1 saturated carbocycles. The molecule has 1 heterocycles. The van der Waals surface area contributed by atoms with Gasteiger partial charge in [-0.3, -0.25) is 9.79 Å². The van der Waals surface area contributed by atoms with E-state index in [1.54, 1.807) is 6.07 Å². The number of carbonyl (C=O) groups excluding carboxylic acids is 1. The fraction of sp³-hybridized carbons (Fsp3) is 0.333. The van der Waals surface area contributed by atoms with Crippen molar-refractivity contribution in [3.63, 3.8) is 0 Å². The van der Waals surface area contributed by atoms with Crippen LogP contribution in [0.2, 0.25) is 10.0 Å². The maximum Gasteiger partial charge on any atom is 0.144 e. The van der Waals surface area contributed by atoms with Gasteiger partial charge < -0.3 is 5.32 Å². The van der Waals surface area contributed by atoms with Gasteiger partial charge in [0, 0.05) is 12.1 Å². The van der Waals surface area contributed by atoms with Gasteiger partial charge in [-0.25, -0.2) is 0 Å². The first-order valence-electron chi connectivity index (χ1n) is 8.75. The van der Waals surface area contributed by atoms with Gasteiger partial charge in [-0.1, -0.05) is 55.2 Å². The molecule has 1 fully saturated rings. The lowest BCUT2D eigenvalue weighted by molar-refractivity contribution is -0.124. The molecular weight excluding hydrogens is 367 g/mol. The molecule has 26 heavy (non-hydrogen) atoms. The summed E-state index contributed by atoms with van der Waals surface area (Å²) in [5, 5.41) is 4.54. The van der Waals surface area contributed by atoms with Crippen molar-refractivity contribution < 1.29 is 4.79 Å². The third-order valence-electron chi connectivity index (χ3n) is 5.13.